The normalized spacial score (nSPS) is 16.0. The third kappa shape index (κ3) is 5.93. The van der Waals surface area contributed by atoms with Gasteiger partial charge in [-0.25, -0.2) is 0 Å². The van der Waals surface area contributed by atoms with Gasteiger partial charge in [0.25, 0.3) is 0 Å². The molecular formula is C11H24S. The van der Waals surface area contributed by atoms with Crippen LogP contribution >= 0.6 is 12.6 Å². The fourth-order valence-corrected chi connectivity index (χ4v) is 1.73. The van der Waals surface area contributed by atoms with Gasteiger partial charge in [0.05, 0.1) is 0 Å². The molecular weight excluding hydrogens is 164 g/mol. The Balaban J connectivity index is 3.24. The largest absolute Gasteiger partial charge is 0.176 e. The molecule has 0 aromatic heterocycles. The molecule has 0 saturated carbocycles. The molecule has 0 spiro atoms. The van der Waals surface area contributed by atoms with E-state index in [1.54, 1.807) is 0 Å². The summed E-state index contributed by atoms with van der Waals surface area (Å²) >= 11 is 4.61. The van der Waals surface area contributed by atoms with Gasteiger partial charge in [-0.2, -0.15) is 12.6 Å². The van der Waals surface area contributed by atoms with Crippen molar-refractivity contribution < 1.29 is 0 Å². The molecule has 0 saturated heterocycles. The Hall–Kier alpha value is 0.350. The van der Waals surface area contributed by atoms with Gasteiger partial charge in [-0.1, -0.05) is 52.9 Å². The number of rotatable bonds is 7. The topological polar surface area (TPSA) is 0 Å². The first-order valence-corrected chi connectivity index (χ1v) is 5.92. The summed E-state index contributed by atoms with van der Waals surface area (Å²) in [7, 11) is 0. The van der Waals surface area contributed by atoms with Gasteiger partial charge >= 0.3 is 0 Å². The molecule has 0 N–H and O–H groups in total. The van der Waals surface area contributed by atoms with E-state index in [1.165, 1.54) is 38.5 Å². The summed E-state index contributed by atoms with van der Waals surface area (Å²) in [4.78, 5) is 0. The summed E-state index contributed by atoms with van der Waals surface area (Å²) in [6.07, 6.45) is 8.05. The van der Waals surface area contributed by atoms with E-state index in [2.05, 4.69) is 33.4 Å². The second-order valence-electron chi connectivity index (χ2n) is 3.80. The summed E-state index contributed by atoms with van der Waals surface area (Å²) in [6.45, 7) is 6.81. The van der Waals surface area contributed by atoms with Gasteiger partial charge in [0.15, 0.2) is 0 Å². The van der Waals surface area contributed by atoms with Crippen molar-refractivity contribution in [3.8, 4) is 0 Å². The number of hydrogen-bond donors (Lipinski definition) is 1. The van der Waals surface area contributed by atoms with Crippen LogP contribution < -0.4 is 0 Å². The van der Waals surface area contributed by atoms with Crippen molar-refractivity contribution in [2.45, 2.75) is 64.5 Å². The van der Waals surface area contributed by atoms with Crippen molar-refractivity contribution in [1.29, 1.82) is 0 Å². The Morgan fingerprint density at radius 3 is 2.25 bits per heavy atom. The predicted octanol–water partition coefficient (Wildman–Crippen LogP) is 4.30. The van der Waals surface area contributed by atoms with Crippen molar-refractivity contribution in [3.05, 3.63) is 0 Å². The average Bonchev–Trinajstić information content (AvgIpc) is 2.10. The molecule has 0 aliphatic heterocycles. The molecule has 0 amide bonds. The molecule has 0 bridgehead atoms. The average molecular weight is 188 g/mol. The quantitative estimate of drug-likeness (QED) is 0.447. The molecule has 12 heavy (non-hydrogen) atoms. The minimum Gasteiger partial charge on any atom is -0.176 e. The SMILES string of the molecule is CCCCCCC(S)C(C)CC. The molecule has 0 fully saturated rings. The lowest BCUT2D eigenvalue weighted by molar-refractivity contribution is 0.490. The Labute approximate surface area is 83.5 Å². The highest BCUT2D eigenvalue weighted by molar-refractivity contribution is 7.81. The van der Waals surface area contributed by atoms with E-state index < -0.39 is 0 Å². The molecule has 0 aromatic rings. The van der Waals surface area contributed by atoms with Crippen molar-refractivity contribution in [2.75, 3.05) is 0 Å². The Bertz CT molecular complexity index is 91.0. The lowest BCUT2D eigenvalue weighted by atomic mass is 9.99. The van der Waals surface area contributed by atoms with Crippen molar-refractivity contribution >= 4 is 12.6 Å². The van der Waals surface area contributed by atoms with E-state index in [0.717, 1.165) is 5.92 Å². The fourth-order valence-electron chi connectivity index (χ4n) is 1.34. The maximum atomic E-state index is 4.61. The minimum absolute atomic E-state index is 0.631. The molecule has 2 atom stereocenters. The van der Waals surface area contributed by atoms with E-state index in [4.69, 9.17) is 0 Å². The molecule has 1 heteroatoms. The monoisotopic (exact) mass is 188 g/mol. The fraction of sp³-hybridized carbons (Fsp3) is 1.00. The van der Waals surface area contributed by atoms with Crippen molar-refractivity contribution in [3.63, 3.8) is 0 Å². The van der Waals surface area contributed by atoms with Gasteiger partial charge in [-0.05, 0) is 12.3 Å². The summed E-state index contributed by atoms with van der Waals surface area (Å²) < 4.78 is 0. The van der Waals surface area contributed by atoms with Gasteiger partial charge in [0.1, 0.15) is 0 Å². The van der Waals surface area contributed by atoms with Crippen LogP contribution in [0.4, 0.5) is 0 Å². The molecule has 0 nitrogen and oxygen atoms in total. The van der Waals surface area contributed by atoms with Gasteiger partial charge in [0.2, 0.25) is 0 Å². The van der Waals surface area contributed by atoms with Crippen LogP contribution in [0.15, 0.2) is 0 Å². The molecule has 0 radical (unpaired) electrons. The summed E-state index contributed by atoms with van der Waals surface area (Å²) in [5, 5.41) is 0.631. The number of unbranched alkanes of at least 4 members (excludes halogenated alkanes) is 3. The first-order chi connectivity index (χ1) is 5.72. The van der Waals surface area contributed by atoms with Crippen LogP contribution in [0, 0.1) is 5.92 Å². The molecule has 2 unspecified atom stereocenters. The molecule has 0 aliphatic carbocycles. The van der Waals surface area contributed by atoms with E-state index in [-0.39, 0.29) is 0 Å². The maximum absolute atomic E-state index is 4.61. The summed E-state index contributed by atoms with van der Waals surface area (Å²) in [6, 6.07) is 0. The molecule has 0 heterocycles. The zero-order valence-corrected chi connectivity index (χ0v) is 9.74. The lowest BCUT2D eigenvalue weighted by Gasteiger charge is -2.16. The van der Waals surface area contributed by atoms with Crippen LogP contribution in [0.1, 0.15) is 59.3 Å². The summed E-state index contributed by atoms with van der Waals surface area (Å²) in [5.74, 6) is 0.787. The van der Waals surface area contributed by atoms with Crippen LogP contribution in [-0.4, -0.2) is 5.25 Å². The van der Waals surface area contributed by atoms with Crippen LogP contribution in [0.25, 0.3) is 0 Å². The maximum Gasteiger partial charge on any atom is 0.00423 e. The Morgan fingerprint density at radius 2 is 1.75 bits per heavy atom. The minimum atomic E-state index is 0.631. The van der Waals surface area contributed by atoms with Gasteiger partial charge in [0, 0.05) is 5.25 Å². The highest BCUT2D eigenvalue weighted by Gasteiger charge is 2.09. The zero-order valence-electron chi connectivity index (χ0n) is 8.84. The second kappa shape index (κ2) is 7.97. The van der Waals surface area contributed by atoms with E-state index in [9.17, 15) is 0 Å². The smallest absolute Gasteiger partial charge is 0.00423 e. The Morgan fingerprint density at radius 1 is 1.08 bits per heavy atom. The van der Waals surface area contributed by atoms with Gasteiger partial charge in [-0.15, -0.1) is 0 Å². The first-order valence-electron chi connectivity index (χ1n) is 5.40. The number of thiol groups is 1. The van der Waals surface area contributed by atoms with Crippen LogP contribution in [0.2, 0.25) is 0 Å². The van der Waals surface area contributed by atoms with Crippen molar-refractivity contribution in [1.82, 2.24) is 0 Å². The van der Waals surface area contributed by atoms with E-state index in [0.29, 0.717) is 5.25 Å². The standard InChI is InChI=1S/C11H24S/c1-4-6-7-8-9-11(12)10(3)5-2/h10-12H,4-9H2,1-3H3. The third-order valence-electron chi connectivity index (χ3n) is 2.65. The second-order valence-corrected chi connectivity index (χ2v) is 4.47. The van der Waals surface area contributed by atoms with Gasteiger partial charge < -0.3 is 0 Å². The highest BCUT2D eigenvalue weighted by atomic mass is 32.1. The predicted molar refractivity (Wildman–Crippen MR) is 61.0 cm³/mol. The third-order valence-corrected chi connectivity index (χ3v) is 3.42. The molecule has 0 aliphatic rings. The van der Waals surface area contributed by atoms with Crippen LogP contribution in [0.5, 0.6) is 0 Å². The van der Waals surface area contributed by atoms with E-state index in [1.807, 2.05) is 0 Å². The van der Waals surface area contributed by atoms with Gasteiger partial charge in [-0.3, -0.25) is 0 Å². The molecule has 0 aromatic carbocycles. The molecule has 74 valence electrons. The van der Waals surface area contributed by atoms with Crippen LogP contribution in [-0.2, 0) is 0 Å². The first kappa shape index (κ1) is 12.3. The molecule has 0 rings (SSSR count). The Kier molecular flexibility index (Phi) is 8.20. The zero-order chi connectivity index (χ0) is 9.40. The van der Waals surface area contributed by atoms with E-state index >= 15 is 0 Å². The summed E-state index contributed by atoms with van der Waals surface area (Å²) in [5.41, 5.74) is 0. The lowest BCUT2D eigenvalue weighted by Crippen LogP contribution is -2.10. The van der Waals surface area contributed by atoms with Crippen LogP contribution in [0.3, 0.4) is 0 Å². The highest BCUT2D eigenvalue weighted by Crippen LogP contribution is 2.19. The number of hydrogen-bond acceptors (Lipinski definition) is 1. The van der Waals surface area contributed by atoms with Crippen molar-refractivity contribution in [2.24, 2.45) is 5.92 Å².